The van der Waals surface area contributed by atoms with Crippen LogP contribution in [0.2, 0.25) is 0 Å². The number of hydrogen-bond donors (Lipinski definition) is 0. The third-order valence-electron chi connectivity index (χ3n) is 4.38. The minimum atomic E-state index is -1.42. The fraction of sp³-hybridized carbons (Fsp3) is 0.350. The molecule has 122 valence electrons. The number of carbonyl (C=O) groups is 1. The Morgan fingerprint density at radius 3 is 2.04 bits per heavy atom. The second-order valence-electron chi connectivity index (χ2n) is 5.65. The summed E-state index contributed by atoms with van der Waals surface area (Å²) in [5, 5.41) is 0. The molecule has 0 aromatic heterocycles. The summed E-state index contributed by atoms with van der Waals surface area (Å²) in [7, 11) is 2.98. The van der Waals surface area contributed by atoms with E-state index in [1.54, 1.807) is 0 Å². The first-order valence-corrected chi connectivity index (χ1v) is 7.89. The summed E-state index contributed by atoms with van der Waals surface area (Å²) in [6.45, 7) is 4.33. The Kier molecular flexibility index (Phi) is 5.69. The van der Waals surface area contributed by atoms with E-state index < -0.39 is 5.79 Å². The molecule has 0 bridgehead atoms. The summed E-state index contributed by atoms with van der Waals surface area (Å²) < 4.78 is 11.0. The molecule has 0 fully saturated rings. The molecule has 0 aliphatic rings. The van der Waals surface area contributed by atoms with Crippen molar-refractivity contribution in [3.8, 4) is 0 Å². The van der Waals surface area contributed by atoms with Crippen molar-refractivity contribution in [3.05, 3.63) is 71.3 Å². The number of hydrogen-bond acceptors (Lipinski definition) is 3. The summed E-state index contributed by atoms with van der Waals surface area (Å²) in [6.07, 6.45) is 1.07. The number of benzene rings is 2. The maximum atomic E-state index is 13.0. The fourth-order valence-corrected chi connectivity index (χ4v) is 2.68. The van der Waals surface area contributed by atoms with Gasteiger partial charge in [-0.25, -0.2) is 0 Å². The standard InChI is InChI=1S/C20H24O3/c1-5-15(2)16-11-13-17(14-12-16)19(21)20(22-3,23-4)18-9-7-6-8-10-18/h6-15H,5H2,1-4H3. The van der Waals surface area contributed by atoms with Crippen molar-refractivity contribution < 1.29 is 14.3 Å². The number of Topliss-reactive ketones (excluding diaryl/α,β-unsaturated/α-hetero) is 1. The van der Waals surface area contributed by atoms with E-state index in [4.69, 9.17) is 9.47 Å². The molecule has 2 rings (SSSR count). The Bertz CT molecular complexity index is 628. The first-order chi connectivity index (χ1) is 11.1. The van der Waals surface area contributed by atoms with Crippen molar-refractivity contribution >= 4 is 5.78 Å². The number of carbonyl (C=O) groups excluding carboxylic acids is 1. The Balaban J connectivity index is 2.39. The van der Waals surface area contributed by atoms with Crippen LogP contribution in [0.15, 0.2) is 54.6 Å². The Hall–Kier alpha value is -1.97. The highest BCUT2D eigenvalue weighted by Crippen LogP contribution is 2.31. The van der Waals surface area contributed by atoms with Crippen LogP contribution in [0.3, 0.4) is 0 Å². The van der Waals surface area contributed by atoms with Gasteiger partial charge in [-0.05, 0) is 17.9 Å². The fourth-order valence-electron chi connectivity index (χ4n) is 2.68. The molecule has 2 aromatic rings. The molecule has 0 saturated carbocycles. The SMILES string of the molecule is CCC(C)c1ccc(C(=O)C(OC)(OC)c2ccccc2)cc1. The molecule has 0 spiro atoms. The first-order valence-electron chi connectivity index (χ1n) is 7.89. The summed E-state index contributed by atoms with van der Waals surface area (Å²) in [5.41, 5.74) is 2.48. The van der Waals surface area contributed by atoms with Gasteiger partial charge >= 0.3 is 0 Å². The van der Waals surface area contributed by atoms with Crippen molar-refractivity contribution in [2.75, 3.05) is 14.2 Å². The van der Waals surface area contributed by atoms with Gasteiger partial charge in [-0.15, -0.1) is 0 Å². The van der Waals surface area contributed by atoms with Crippen LogP contribution in [0.5, 0.6) is 0 Å². The van der Waals surface area contributed by atoms with Crippen LogP contribution in [-0.2, 0) is 15.3 Å². The lowest BCUT2D eigenvalue weighted by atomic mass is 9.92. The van der Waals surface area contributed by atoms with E-state index in [1.165, 1.54) is 19.8 Å². The first kappa shape index (κ1) is 17.4. The lowest BCUT2D eigenvalue weighted by Crippen LogP contribution is -2.40. The van der Waals surface area contributed by atoms with E-state index in [1.807, 2.05) is 54.6 Å². The molecular formula is C20H24O3. The zero-order chi connectivity index (χ0) is 16.9. The molecule has 3 heteroatoms. The summed E-state index contributed by atoms with van der Waals surface area (Å²) in [5.74, 6) is -1.15. The van der Waals surface area contributed by atoms with Gasteiger partial charge in [0.15, 0.2) is 0 Å². The Morgan fingerprint density at radius 2 is 1.57 bits per heavy atom. The van der Waals surface area contributed by atoms with Crippen LogP contribution in [0, 0.1) is 0 Å². The van der Waals surface area contributed by atoms with Gasteiger partial charge in [0.05, 0.1) is 0 Å². The molecule has 0 saturated heterocycles. The molecule has 3 nitrogen and oxygen atoms in total. The predicted molar refractivity (Wildman–Crippen MR) is 91.6 cm³/mol. The smallest absolute Gasteiger partial charge is 0.260 e. The van der Waals surface area contributed by atoms with Gasteiger partial charge < -0.3 is 9.47 Å². The topological polar surface area (TPSA) is 35.5 Å². The maximum absolute atomic E-state index is 13.0. The summed E-state index contributed by atoms with van der Waals surface area (Å²) in [6, 6.07) is 17.0. The average Bonchev–Trinajstić information content (AvgIpc) is 2.63. The zero-order valence-electron chi connectivity index (χ0n) is 14.2. The Labute approximate surface area is 138 Å². The predicted octanol–water partition coefficient (Wildman–Crippen LogP) is 4.53. The highest BCUT2D eigenvalue weighted by molar-refractivity contribution is 6.02. The van der Waals surface area contributed by atoms with Gasteiger partial charge in [0.25, 0.3) is 5.79 Å². The normalized spacial score (nSPS) is 12.9. The van der Waals surface area contributed by atoms with Crippen molar-refractivity contribution in [3.63, 3.8) is 0 Å². The number of methoxy groups -OCH3 is 2. The lowest BCUT2D eigenvalue weighted by molar-refractivity contribution is -0.176. The van der Waals surface area contributed by atoms with Crippen LogP contribution in [0.25, 0.3) is 0 Å². The van der Waals surface area contributed by atoms with E-state index in [0.29, 0.717) is 17.0 Å². The third kappa shape index (κ3) is 3.36. The van der Waals surface area contributed by atoms with Crippen LogP contribution >= 0.6 is 0 Å². The quantitative estimate of drug-likeness (QED) is 0.556. The van der Waals surface area contributed by atoms with E-state index in [0.717, 1.165) is 6.42 Å². The second-order valence-corrected chi connectivity index (χ2v) is 5.65. The minimum absolute atomic E-state index is 0.204. The molecule has 23 heavy (non-hydrogen) atoms. The van der Waals surface area contributed by atoms with Gasteiger partial charge in [-0.1, -0.05) is 68.4 Å². The van der Waals surface area contributed by atoms with Gasteiger partial charge in [0.2, 0.25) is 5.78 Å². The molecule has 0 aliphatic heterocycles. The third-order valence-corrected chi connectivity index (χ3v) is 4.38. The lowest BCUT2D eigenvalue weighted by Gasteiger charge is -2.29. The van der Waals surface area contributed by atoms with E-state index >= 15 is 0 Å². The largest absolute Gasteiger partial charge is 0.343 e. The van der Waals surface area contributed by atoms with Gasteiger partial charge in [-0.2, -0.15) is 0 Å². The number of ether oxygens (including phenoxy) is 2. The second kappa shape index (κ2) is 7.53. The van der Waals surface area contributed by atoms with Crippen molar-refractivity contribution in [1.29, 1.82) is 0 Å². The summed E-state index contributed by atoms with van der Waals surface area (Å²) in [4.78, 5) is 13.0. The molecule has 0 N–H and O–H groups in total. The molecule has 0 radical (unpaired) electrons. The van der Waals surface area contributed by atoms with E-state index in [-0.39, 0.29) is 5.78 Å². The summed E-state index contributed by atoms with van der Waals surface area (Å²) >= 11 is 0. The van der Waals surface area contributed by atoms with Crippen LogP contribution in [-0.4, -0.2) is 20.0 Å². The van der Waals surface area contributed by atoms with Crippen LogP contribution in [0.4, 0.5) is 0 Å². The number of ketones is 1. The van der Waals surface area contributed by atoms with Crippen LogP contribution in [0.1, 0.15) is 47.7 Å². The van der Waals surface area contributed by atoms with Gasteiger partial charge in [0.1, 0.15) is 0 Å². The van der Waals surface area contributed by atoms with Crippen molar-refractivity contribution in [2.45, 2.75) is 32.0 Å². The highest BCUT2D eigenvalue weighted by Gasteiger charge is 2.41. The molecule has 2 aromatic carbocycles. The molecular weight excluding hydrogens is 288 g/mol. The monoisotopic (exact) mass is 312 g/mol. The zero-order valence-corrected chi connectivity index (χ0v) is 14.2. The number of rotatable bonds is 7. The molecule has 0 amide bonds. The van der Waals surface area contributed by atoms with Crippen molar-refractivity contribution in [2.24, 2.45) is 0 Å². The molecule has 0 heterocycles. The molecule has 1 atom stereocenters. The average molecular weight is 312 g/mol. The van der Waals surface area contributed by atoms with E-state index in [9.17, 15) is 4.79 Å². The maximum Gasteiger partial charge on any atom is 0.260 e. The van der Waals surface area contributed by atoms with E-state index in [2.05, 4.69) is 13.8 Å². The highest BCUT2D eigenvalue weighted by atomic mass is 16.7. The molecule has 1 unspecified atom stereocenters. The molecule has 0 aliphatic carbocycles. The minimum Gasteiger partial charge on any atom is -0.343 e. The van der Waals surface area contributed by atoms with Gasteiger partial charge in [-0.3, -0.25) is 4.79 Å². The van der Waals surface area contributed by atoms with Gasteiger partial charge in [0, 0.05) is 25.3 Å². The van der Waals surface area contributed by atoms with Crippen molar-refractivity contribution in [1.82, 2.24) is 0 Å². The van der Waals surface area contributed by atoms with Crippen LogP contribution < -0.4 is 0 Å². The Morgan fingerprint density at radius 1 is 1.00 bits per heavy atom.